The SMILES string of the molecule is CC(C)(C)c1ccccc1Nc1cc(Nc2ccccc2C#N)ncn1. The highest BCUT2D eigenvalue weighted by atomic mass is 15.1. The molecule has 0 fully saturated rings. The molecule has 3 aromatic rings. The Balaban J connectivity index is 1.86. The van der Waals surface area contributed by atoms with Gasteiger partial charge in [0.2, 0.25) is 0 Å². The molecule has 1 aromatic heterocycles. The zero-order chi connectivity index (χ0) is 18.6. The van der Waals surface area contributed by atoms with E-state index in [0.717, 1.165) is 11.4 Å². The Hall–Kier alpha value is -3.39. The monoisotopic (exact) mass is 343 g/mol. The zero-order valence-corrected chi connectivity index (χ0v) is 15.1. The molecule has 0 unspecified atom stereocenters. The summed E-state index contributed by atoms with van der Waals surface area (Å²) in [6.07, 6.45) is 1.50. The molecule has 0 atom stereocenters. The number of benzene rings is 2. The summed E-state index contributed by atoms with van der Waals surface area (Å²) in [6, 6.07) is 19.5. The summed E-state index contributed by atoms with van der Waals surface area (Å²) in [6.45, 7) is 6.54. The third kappa shape index (κ3) is 3.98. The van der Waals surface area contributed by atoms with Crippen molar-refractivity contribution in [3.05, 3.63) is 72.1 Å². The number of nitriles is 1. The van der Waals surface area contributed by atoms with Crippen LogP contribution in [0.15, 0.2) is 60.9 Å². The predicted molar refractivity (Wildman–Crippen MR) is 105 cm³/mol. The molecule has 0 aliphatic heterocycles. The predicted octanol–water partition coefficient (Wildman–Crippen LogP) is 5.13. The van der Waals surface area contributed by atoms with Gasteiger partial charge in [0, 0.05) is 11.8 Å². The van der Waals surface area contributed by atoms with Crippen LogP contribution in [0, 0.1) is 11.3 Å². The van der Waals surface area contributed by atoms with E-state index in [1.54, 1.807) is 6.07 Å². The van der Waals surface area contributed by atoms with E-state index >= 15 is 0 Å². The van der Waals surface area contributed by atoms with Crippen LogP contribution < -0.4 is 10.6 Å². The zero-order valence-electron chi connectivity index (χ0n) is 15.1. The number of para-hydroxylation sites is 2. The normalized spacial score (nSPS) is 10.8. The summed E-state index contributed by atoms with van der Waals surface area (Å²) < 4.78 is 0. The number of rotatable bonds is 4. The topological polar surface area (TPSA) is 73.6 Å². The fraction of sp³-hybridized carbons (Fsp3) is 0.190. The lowest BCUT2D eigenvalue weighted by Crippen LogP contribution is -2.13. The van der Waals surface area contributed by atoms with E-state index in [4.69, 9.17) is 0 Å². The van der Waals surface area contributed by atoms with Gasteiger partial charge in [0.1, 0.15) is 24.0 Å². The molecule has 0 saturated carbocycles. The highest BCUT2D eigenvalue weighted by molar-refractivity contribution is 5.68. The molecular formula is C21H21N5. The van der Waals surface area contributed by atoms with Crippen LogP contribution >= 0.6 is 0 Å². The molecule has 3 rings (SSSR count). The van der Waals surface area contributed by atoms with Gasteiger partial charge in [0.05, 0.1) is 11.3 Å². The van der Waals surface area contributed by atoms with Gasteiger partial charge in [-0.2, -0.15) is 5.26 Å². The van der Waals surface area contributed by atoms with Gasteiger partial charge in [0.25, 0.3) is 0 Å². The molecule has 0 radical (unpaired) electrons. The van der Waals surface area contributed by atoms with Crippen molar-refractivity contribution in [3.63, 3.8) is 0 Å². The number of nitrogens with one attached hydrogen (secondary N) is 2. The van der Waals surface area contributed by atoms with E-state index in [1.165, 1.54) is 11.9 Å². The molecular weight excluding hydrogens is 322 g/mol. The van der Waals surface area contributed by atoms with Gasteiger partial charge in [-0.05, 0) is 29.2 Å². The second-order valence-corrected chi connectivity index (χ2v) is 6.99. The summed E-state index contributed by atoms with van der Waals surface area (Å²) in [4.78, 5) is 8.57. The van der Waals surface area contributed by atoms with Crippen molar-refractivity contribution in [2.24, 2.45) is 0 Å². The second kappa shape index (κ2) is 7.24. The number of aromatic nitrogens is 2. The van der Waals surface area contributed by atoms with Crippen molar-refractivity contribution in [1.29, 1.82) is 5.26 Å². The maximum Gasteiger partial charge on any atom is 0.135 e. The first-order valence-corrected chi connectivity index (χ1v) is 8.42. The van der Waals surface area contributed by atoms with Crippen LogP contribution in [0.2, 0.25) is 0 Å². The number of nitrogens with zero attached hydrogens (tertiary/aromatic N) is 3. The van der Waals surface area contributed by atoms with Crippen molar-refractivity contribution >= 4 is 23.0 Å². The van der Waals surface area contributed by atoms with E-state index in [-0.39, 0.29) is 5.41 Å². The minimum absolute atomic E-state index is 0.0173. The highest BCUT2D eigenvalue weighted by Crippen LogP contribution is 2.31. The Morgan fingerprint density at radius 3 is 2.08 bits per heavy atom. The standard InChI is InChI=1S/C21H21N5/c1-21(2,3)16-9-5-7-11-18(16)26-20-12-19(23-14-24-20)25-17-10-6-4-8-15(17)13-22/h4-12,14H,1-3H3,(H2,23,24,25,26). The third-order valence-electron chi connectivity index (χ3n) is 3.98. The van der Waals surface area contributed by atoms with Gasteiger partial charge in [-0.3, -0.25) is 0 Å². The molecule has 0 aliphatic rings. The lowest BCUT2D eigenvalue weighted by Gasteiger charge is -2.23. The molecule has 0 bridgehead atoms. The fourth-order valence-corrected chi connectivity index (χ4v) is 2.71. The lowest BCUT2D eigenvalue weighted by molar-refractivity contribution is 0.592. The van der Waals surface area contributed by atoms with Gasteiger partial charge in [-0.25, -0.2) is 9.97 Å². The molecule has 2 aromatic carbocycles. The molecule has 2 N–H and O–H groups in total. The van der Waals surface area contributed by atoms with Crippen LogP contribution in [0.5, 0.6) is 0 Å². The van der Waals surface area contributed by atoms with Crippen molar-refractivity contribution in [3.8, 4) is 6.07 Å². The Morgan fingerprint density at radius 2 is 1.42 bits per heavy atom. The number of hydrogen-bond acceptors (Lipinski definition) is 5. The number of hydrogen-bond donors (Lipinski definition) is 2. The lowest BCUT2D eigenvalue weighted by atomic mass is 9.86. The first-order valence-electron chi connectivity index (χ1n) is 8.42. The van der Waals surface area contributed by atoms with Crippen LogP contribution in [0.1, 0.15) is 31.9 Å². The first kappa shape index (κ1) is 17.4. The third-order valence-corrected chi connectivity index (χ3v) is 3.98. The summed E-state index contributed by atoms with van der Waals surface area (Å²) in [7, 11) is 0. The Bertz CT molecular complexity index is 951. The van der Waals surface area contributed by atoms with E-state index < -0.39 is 0 Å². The van der Waals surface area contributed by atoms with Crippen LogP contribution in [-0.2, 0) is 5.41 Å². The molecule has 0 aliphatic carbocycles. The Kier molecular flexibility index (Phi) is 4.85. The van der Waals surface area contributed by atoms with Gasteiger partial charge in [-0.1, -0.05) is 51.1 Å². The van der Waals surface area contributed by atoms with Crippen molar-refractivity contribution in [2.45, 2.75) is 26.2 Å². The summed E-state index contributed by atoms with van der Waals surface area (Å²) in [5.41, 5.74) is 3.53. The minimum Gasteiger partial charge on any atom is -0.340 e. The minimum atomic E-state index is 0.0173. The highest BCUT2D eigenvalue weighted by Gasteiger charge is 2.17. The van der Waals surface area contributed by atoms with Crippen LogP contribution in [0.4, 0.5) is 23.0 Å². The average molecular weight is 343 g/mol. The summed E-state index contributed by atoms with van der Waals surface area (Å²) >= 11 is 0. The second-order valence-electron chi connectivity index (χ2n) is 6.99. The summed E-state index contributed by atoms with van der Waals surface area (Å²) in [5.74, 6) is 1.31. The molecule has 1 heterocycles. The molecule has 5 heteroatoms. The fourth-order valence-electron chi connectivity index (χ4n) is 2.71. The van der Waals surface area contributed by atoms with E-state index in [9.17, 15) is 5.26 Å². The molecule has 26 heavy (non-hydrogen) atoms. The number of anilines is 4. The van der Waals surface area contributed by atoms with E-state index in [2.05, 4.69) is 53.5 Å². The van der Waals surface area contributed by atoms with Crippen LogP contribution in [0.25, 0.3) is 0 Å². The summed E-state index contributed by atoms with van der Waals surface area (Å²) in [5, 5.41) is 15.8. The molecule has 0 amide bonds. The van der Waals surface area contributed by atoms with Crippen molar-refractivity contribution < 1.29 is 0 Å². The largest absolute Gasteiger partial charge is 0.340 e. The maximum absolute atomic E-state index is 9.22. The maximum atomic E-state index is 9.22. The molecule has 130 valence electrons. The molecule has 0 saturated heterocycles. The van der Waals surface area contributed by atoms with Crippen molar-refractivity contribution in [1.82, 2.24) is 9.97 Å². The van der Waals surface area contributed by atoms with Gasteiger partial charge in [0.15, 0.2) is 0 Å². The molecule has 5 nitrogen and oxygen atoms in total. The van der Waals surface area contributed by atoms with Crippen molar-refractivity contribution in [2.75, 3.05) is 10.6 Å². The van der Waals surface area contributed by atoms with Crippen LogP contribution in [0.3, 0.4) is 0 Å². The van der Waals surface area contributed by atoms with Gasteiger partial charge in [-0.15, -0.1) is 0 Å². The Labute approximate surface area is 153 Å². The molecule has 0 spiro atoms. The smallest absolute Gasteiger partial charge is 0.135 e. The Morgan fingerprint density at radius 1 is 0.846 bits per heavy atom. The van der Waals surface area contributed by atoms with E-state index in [0.29, 0.717) is 17.2 Å². The van der Waals surface area contributed by atoms with Gasteiger partial charge < -0.3 is 10.6 Å². The average Bonchev–Trinajstić information content (AvgIpc) is 2.62. The van der Waals surface area contributed by atoms with E-state index in [1.807, 2.05) is 42.5 Å². The van der Waals surface area contributed by atoms with Crippen LogP contribution in [-0.4, -0.2) is 9.97 Å². The van der Waals surface area contributed by atoms with Gasteiger partial charge >= 0.3 is 0 Å². The first-order chi connectivity index (χ1) is 12.5. The quantitative estimate of drug-likeness (QED) is 0.687.